The van der Waals surface area contributed by atoms with Gasteiger partial charge in [0, 0.05) is 30.5 Å². The van der Waals surface area contributed by atoms with Gasteiger partial charge in [-0.05, 0) is 25.0 Å². The molecule has 3 heterocycles. The molecule has 0 N–H and O–H groups in total. The van der Waals surface area contributed by atoms with Gasteiger partial charge in [-0.25, -0.2) is 9.67 Å². The average Bonchev–Trinajstić information content (AvgIpc) is 3.26. The van der Waals surface area contributed by atoms with Crippen LogP contribution in [0.4, 0.5) is 5.82 Å². The summed E-state index contributed by atoms with van der Waals surface area (Å²) in [6.45, 7) is 2.15. The molecule has 2 aromatic heterocycles. The quantitative estimate of drug-likeness (QED) is 0.865. The molecule has 20 heavy (non-hydrogen) atoms. The summed E-state index contributed by atoms with van der Waals surface area (Å²) < 4.78 is 1.80. The predicted molar refractivity (Wildman–Crippen MR) is 80.7 cm³/mol. The van der Waals surface area contributed by atoms with Crippen LogP contribution < -0.4 is 4.90 Å². The van der Waals surface area contributed by atoms with Gasteiger partial charge in [-0.1, -0.05) is 11.3 Å². The first-order valence-corrected chi connectivity index (χ1v) is 8.28. The molecule has 0 unspecified atom stereocenters. The Kier molecular flexibility index (Phi) is 3.10. The van der Waals surface area contributed by atoms with Gasteiger partial charge in [-0.15, -0.1) is 5.10 Å². The van der Waals surface area contributed by atoms with Gasteiger partial charge in [0.15, 0.2) is 5.82 Å². The summed E-state index contributed by atoms with van der Waals surface area (Å²) in [5.41, 5.74) is 1.10. The Morgan fingerprint density at radius 1 is 1.10 bits per heavy atom. The molecule has 2 aromatic rings. The molecule has 4 rings (SSSR count). The number of thioether (sulfide) groups is 1. The van der Waals surface area contributed by atoms with E-state index in [2.05, 4.69) is 27.3 Å². The van der Waals surface area contributed by atoms with Crippen LogP contribution in [0.15, 0.2) is 24.4 Å². The fourth-order valence-electron chi connectivity index (χ4n) is 2.46. The number of hydrogen-bond acceptors (Lipinski definition) is 5. The second kappa shape index (κ2) is 5.09. The summed E-state index contributed by atoms with van der Waals surface area (Å²) >= 11 is 2.01. The Morgan fingerprint density at radius 2 is 1.90 bits per heavy atom. The van der Waals surface area contributed by atoms with E-state index in [1.807, 2.05) is 24.0 Å². The maximum absolute atomic E-state index is 4.74. The van der Waals surface area contributed by atoms with E-state index in [1.54, 1.807) is 4.68 Å². The first kappa shape index (κ1) is 12.2. The maximum Gasteiger partial charge on any atom is 0.157 e. The maximum atomic E-state index is 4.74. The van der Waals surface area contributed by atoms with Crippen LogP contribution in [0.3, 0.4) is 0 Å². The van der Waals surface area contributed by atoms with Crippen molar-refractivity contribution < 1.29 is 0 Å². The van der Waals surface area contributed by atoms with Crippen LogP contribution in [-0.4, -0.2) is 44.6 Å². The zero-order chi connectivity index (χ0) is 13.4. The zero-order valence-corrected chi connectivity index (χ0v) is 12.1. The van der Waals surface area contributed by atoms with Crippen molar-refractivity contribution in [1.82, 2.24) is 20.0 Å². The van der Waals surface area contributed by atoms with Gasteiger partial charge >= 0.3 is 0 Å². The van der Waals surface area contributed by atoms with Gasteiger partial charge in [-0.2, -0.15) is 11.8 Å². The van der Waals surface area contributed by atoms with Gasteiger partial charge in [0.2, 0.25) is 0 Å². The van der Waals surface area contributed by atoms with E-state index in [0.717, 1.165) is 30.4 Å². The van der Waals surface area contributed by atoms with E-state index in [0.29, 0.717) is 5.92 Å². The predicted octanol–water partition coefficient (Wildman–Crippen LogP) is 2.09. The molecule has 1 saturated heterocycles. The smallest absolute Gasteiger partial charge is 0.157 e. The van der Waals surface area contributed by atoms with Crippen LogP contribution in [0.25, 0.3) is 5.82 Å². The lowest BCUT2D eigenvalue weighted by Crippen LogP contribution is -2.33. The Balaban J connectivity index is 1.60. The summed E-state index contributed by atoms with van der Waals surface area (Å²) in [7, 11) is 0. The third-order valence-corrected chi connectivity index (χ3v) is 4.74. The summed E-state index contributed by atoms with van der Waals surface area (Å²) in [5, 5.41) is 8.47. The molecular formula is C14H17N5S. The molecule has 0 bridgehead atoms. The highest BCUT2D eigenvalue weighted by molar-refractivity contribution is 7.99. The van der Waals surface area contributed by atoms with Crippen molar-refractivity contribution in [3.8, 4) is 5.82 Å². The lowest BCUT2D eigenvalue weighted by molar-refractivity contribution is 0.767. The van der Waals surface area contributed by atoms with Gasteiger partial charge in [0.25, 0.3) is 0 Å². The minimum Gasteiger partial charge on any atom is -0.355 e. The SMILES string of the molecule is c1cc(N2CCSCC2)nc(-n2cc(C3CC3)nn2)c1. The van der Waals surface area contributed by atoms with Gasteiger partial charge in [0.05, 0.1) is 11.9 Å². The third kappa shape index (κ3) is 2.40. The first-order chi connectivity index (χ1) is 9.90. The van der Waals surface area contributed by atoms with Gasteiger partial charge in [0.1, 0.15) is 5.82 Å². The molecule has 1 aliphatic heterocycles. The topological polar surface area (TPSA) is 46.8 Å². The van der Waals surface area contributed by atoms with E-state index >= 15 is 0 Å². The molecule has 0 spiro atoms. The summed E-state index contributed by atoms with van der Waals surface area (Å²) in [4.78, 5) is 7.08. The van der Waals surface area contributed by atoms with Crippen molar-refractivity contribution in [1.29, 1.82) is 0 Å². The number of rotatable bonds is 3. The lowest BCUT2D eigenvalue weighted by Gasteiger charge is -2.27. The largest absolute Gasteiger partial charge is 0.355 e. The van der Waals surface area contributed by atoms with Crippen LogP contribution in [0.1, 0.15) is 24.5 Å². The molecule has 5 nitrogen and oxygen atoms in total. The van der Waals surface area contributed by atoms with Crippen LogP contribution in [0.2, 0.25) is 0 Å². The minimum atomic E-state index is 0.631. The third-order valence-electron chi connectivity index (χ3n) is 3.80. The second-order valence-corrected chi connectivity index (χ2v) is 6.54. The van der Waals surface area contributed by atoms with Crippen LogP contribution in [0.5, 0.6) is 0 Å². The number of nitrogens with zero attached hydrogens (tertiary/aromatic N) is 5. The summed E-state index contributed by atoms with van der Waals surface area (Å²) in [6, 6.07) is 6.13. The highest BCUT2D eigenvalue weighted by Crippen LogP contribution is 2.38. The molecule has 0 amide bonds. The number of anilines is 1. The zero-order valence-electron chi connectivity index (χ0n) is 11.3. The molecule has 104 valence electrons. The Labute approximate surface area is 122 Å². The minimum absolute atomic E-state index is 0.631. The molecule has 0 aromatic carbocycles. The monoisotopic (exact) mass is 287 g/mol. The molecule has 2 fully saturated rings. The Morgan fingerprint density at radius 3 is 2.70 bits per heavy atom. The molecule has 2 aliphatic rings. The van der Waals surface area contributed by atoms with E-state index < -0.39 is 0 Å². The van der Waals surface area contributed by atoms with Gasteiger partial charge < -0.3 is 4.90 Å². The number of hydrogen-bond donors (Lipinski definition) is 0. The second-order valence-electron chi connectivity index (χ2n) is 5.32. The highest BCUT2D eigenvalue weighted by atomic mass is 32.2. The summed E-state index contributed by atoms with van der Waals surface area (Å²) in [5.74, 6) is 4.90. The van der Waals surface area contributed by atoms with Crippen molar-refractivity contribution in [2.75, 3.05) is 29.5 Å². The van der Waals surface area contributed by atoms with Crippen molar-refractivity contribution in [2.45, 2.75) is 18.8 Å². The van der Waals surface area contributed by atoms with E-state index in [4.69, 9.17) is 4.98 Å². The first-order valence-electron chi connectivity index (χ1n) is 7.12. The molecule has 1 saturated carbocycles. The van der Waals surface area contributed by atoms with Crippen molar-refractivity contribution in [3.63, 3.8) is 0 Å². The molecule has 0 radical (unpaired) electrons. The standard InChI is InChI=1S/C14H17N5S/c1-2-13(18-6-8-20-9-7-18)15-14(3-1)19-10-12(16-17-19)11-4-5-11/h1-3,10-11H,4-9H2. The Bertz CT molecular complexity index is 601. The van der Waals surface area contributed by atoms with E-state index in [9.17, 15) is 0 Å². The Hall–Kier alpha value is -1.56. The fraction of sp³-hybridized carbons (Fsp3) is 0.500. The average molecular weight is 287 g/mol. The van der Waals surface area contributed by atoms with Crippen LogP contribution in [0, 0.1) is 0 Å². The number of aromatic nitrogens is 4. The molecule has 6 heteroatoms. The lowest BCUT2D eigenvalue weighted by atomic mass is 10.3. The van der Waals surface area contributed by atoms with Crippen molar-refractivity contribution in [2.24, 2.45) is 0 Å². The van der Waals surface area contributed by atoms with Crippen LogP contribution >= 0.6 is 11.8 Å². The highest BCUT2D eigenvalue weighted by Gasteiger charge is 2.26. The van der Waals surface area contributed by atoms with Crippen molar-refractivity contribution >= 4 is 17.6 Å². The molecule has 1 aliphatic carbocycles. The molecule has 0 atom stereocenters. The van der Waals surface area contributed by atoms with Crippen molar-refractivity contribution in [3.05, 3.63) is 30.1 Å². The van der Waals surface area contributed by atoms with Crippen LogP contribution in [-0.2, 0) is 0 Å². The van der Waals surface area contributed by atoms with Gasteiger partial charge in [-0.3, -0.25) is 0 Å². The summed E-state index contributed by atoms with van der Waals surface area (Å²) in [6.07, 6.45) is 4.52. The fourth-order valence-corrected chi connectivity index (χ4v) is 3.37. The van der Waals surface area contributed by atoms with E-state index in [-0.39, 0.29) is 0 Å². The normalized spacial score (nSPS) is 19.3. The molecular weight excluding hydrogens is 270 g/mol. The van der Waals surface area contributed by atoms with E-state index in [1.165, 1.54) is 24.3 Å². The number of pyridine rings is 1.